The molecule has 0 unspecified atom stereocenters. The molecule has 0 bridgehead atoms. The maximum atomic E-state index is 11.7. The third kappa shape index (κ3) is 3.59. The van der Waals surface area contributed by atoms with Crippen molar-refractivity contribution in [2.45, 2.75) is 52.2 Å². The summed E-state index contributed by atoms with van der Waals surface area (Å²) in [4.78, 5) is 23.4. The maximum Gasteiger partial charge on any atom is 0.312 e. The van der Waals surface area contributed by atoms with Crippen LogP contribution in [-0.2, 0) is 19.1 Å². The van der Waals surface area contributed by atoms with Crippen molar-refractivity contribution < 1.29 is 19.1 Å². The fraction of sp³-hybridized carbons (Fsp3) is 0.833. The van der Waals surface area contributed by atoms with Crippen LogP contribution in [-0.4, -0.2) is 30.6 Å². The van der Waals surface area contributed by atoms with Crippen molar-refractivity contribution in [1.82, 2.24) is 0 Å². The van der Waals surface area contributed by atoms with Crippen LogP contribution in [0.2, 0.25) is 0 Å². The van der Waals surface area contributed by atoms with Gasteiger partial charge in [-0.25, -0.2) is 0 Å². The second kappa shape index (κ2) is 5.99. The Morgan fingerprint density at radius 3 is 2.69 bits per heavy atom. The standard InChI is InChI=1S/C12H20O4/c1-8(2)16-12(14)9(3)11-10(13)6-4-5-7-15-11/h8-9,11H,4-7H2,1-3H3/t9-,11-/m1/s1. The summed E-state index contributed by atoms with van der Waals surface area (Å²) in [5.41, 5.74) is 0. The van der Waals surface area contributed by atoms with Crippen molar-refractivity contribution >= 4 is 11.8 Å². The van der Waals surface area contributed by atoms with Gasteiger partial charge in [-0.05, 0) is 33.6 Å². The van der Waals surface area contributed by atoms with E-state index in [1.807, 2.05) is 0 Å². The second-order valence-corrected chi connectivity index (χ2v) is 4.49. The molecule has 0 amide bonds. The van der Waals surface area contributed by atoms with Crippen molar-refractivity contribution in [1.29, 1.82) is 0 Å². The molecule has 4 heteroatoms. The van der Waals surface area contributed by atoms with Crippen LogP contribution in [0.5, 0.6) is 0 Å². The number of carbonyl (C=O) groups excluding carboxylic acids is 2. The van der Waals surface area contributed by atoms with E-state index in [-0.39, 0.29) is 17.9 Å². The first-order valence-corrected chi connectivity index (χ1v) is 5.87. The number of ketones is 1. The van der Waals surface area contributed by atoms with E-state index in [2.05, 4.69) is 0 Å². The van der Waals surface area contributed by atoms with E-state index < -0.39 is 12.0 Å². The molecule has 0 radical (unpaired) electrons. The molecule has 4 nitrogen and oxygen atoms in total. The first-order valence-electron chi connectivity index (χ1n) is 5.87. The summed E-state index contributed by atoms with van der Waals surface area (Å²) >= 11 is 0. The minimum Gasteiger partial charge on any atom is -0.463 e. The Morgan fingerprint density at radius 2 is 2.06 bits per heavy atom. The average Bonchev–Trinajstić information content (AvgIpc) is 2.40. The van der Waals surface area contributed by atoms with Gasteiger partial charge in [0.05, 0.1) is 12.0 Å². The topological polar surface area (TPSA) is 52.6 Å². The molecule has 1 fully saturated rings. The first-order chi connectivity index (χ1) is 7.52. The zero-order valence-electron chi connectivity index (χ0n) is 10.2. The minimum atomic E-state index is -0.617. The number of Topliss-reactive ketones (excluding diaryl/α,β-unsaturated/α-hetero) is 1. The maximum absolute atomic E-state index is 11.7. The van der Waals surface area contributed by atoms with Gasteiger partial charge >= 0.3 is 5.97 Å². The Kier molecular flexibility index (Phi) is 4.93. The van der Waals surface area contributed by atoms with E-state index in [1.54, 1.807) is 20.8 Å². The molecule has 16 heavy (non-hydrogen) atoms. The lowest BCUT2D eigenvalue weighted by molar-refractivity contribution is -0.160. The van der Waals surface area contributed by atoms with Crippen LogP contribution < -0.4 is 0 Å². The summed E-state index contributed by atoms with van der Waals surface area (Å²) in [5, 5.41) is 0. The molecule has 92 valence electrons. The first kappa shape index (κ1) is 13.2. The van der Waals surface area contributed by atoms with Crippen molar-refractivity contribution in [3.8, 4) is 0 Å². The Bertz CT molecular complexity index is 260. The SMILES string of the molecule is CC(C)OC(=O)[C@H](C)[C@H]1OCCCCC1=O. The zero-order valence-corrected chi connectivity index (χ0v) is 10.2. The number of hydrogen-bond donors (Lipinski definition) is 0. The molecular formula is C12H20O4. The highest BCUT2D eigenvalue weighted by Gasteiger charge is 2.33. The molecule has 1 aliphatic heterocycles. The van der Waals surface area contributed by atoms with Crippen molar-refractivity contribution in [3.63, 3.8) is 0 Å². The number of rotatable bonds is 3. The van der Waals surface area contributed by atoms with Crippen molar-refractivity contribution in [2.24, 2.45) is 5.92 Å². The number of esters is 1. The monoisotopic (exact) mass is 228 g/mol. The lowest BCUT2D eigenvalue weighted by atomic mass is 9.98. The lowest BCUT2D eigenvalue weighted by Crippen LogP contribution is -2.36. The normalized spacial score (nSPS) is 24.0. The van der Waals surface area contributed by atoms with Crippen LogP contribution in [0, 0.1) is 5.92 Å². The fourth-order valence-electron chi connectivity index (χ4n) is 1.73. The molecule has 0 saturated carbocycles. The van der Waals surface area contributed by atoms with Gasteiger partial charge in [-0.1, -0.05) is 0 Å². The van der Waals surface area contributed by atoms with E-state index >= 15 is 0 Å². The van der Waals surface area contributed by atoms with Gasteiger partial charge in [0.25, 0.3) is 0 Å². The highest BCUT2D eigenvalue weighted by Crippen LogP contribution is 2.18. The molecule has 1 aliphatic rings. The van der Waals surface area contributed by atoms with Crippen molar-refractivity contribution in [2.75, 3.05) is 6.61 Å². The van der Waals surface area contributed by atoms with Crippen LogP contribution in [0.3, 0.4) is 0 Å². The van der Waals surface area contributed by atoms with Gasteiger partial charge in [-0.15, -0.1) is 0 Å². The van der Waals surface area contributed by atoms with E-state index in [1.165, 1.54) is 0 Å². The van der Waals surface area contributed by atoms with Gasteiger partial charge in [0, 0.05) is 13.0 Å². The number of ether oxygens (including phenoxy) is 2. The Morgan fingerprint density at radius 1 is 1.38 bits per heavy atom. The predicted octanol–water partition coefficient (Wildman–Crippen LogP) is 1.71. The number of carbonyl (C=O) groups is 2. The number of hydrogen-bond acceptors (Lipinski definition) is 4. The van der Waals surface area contributed by atoms with E-state index in [0.29, 0.717) is 13.0 Å². The van der Waals surface area contributed by atoms with Gasteiger partial charge in [0.1, 0.15) is 6.10 Å². The molecule has 1 saturated heterocycles. The zero-order chi connectivity index (χ0) is 12.1. The van der Waals surface area contributed by atoms with Crippen molar-refractivity contribution in [3.05, 3.63) is 0 Å². The van der Waals surface area contributed by atoms with E-state index in [9.17, 15) is 9.59 Å². The quantitative estimate of drug-likeness (QED) is 0.690. The molecule has 0 aromatic heterocycles. The van der Waals surface area contributed by atoms with Crippen LogP contribution in [0.15, 0.2) is 0 Å². The summed E-state index contributed by atoms with van der Waals surface area (Å²) < 4.78 is 10.5. The molecule has 2 atom stereocenters. The Labute approximate surface area is 96.3 Å². The van der Waals surface area contributed by atoms with Gasteiger partial charge in [-0.2, -0.15) is 0 Å². The molecule has 1 heterocycles. The van der Waals surface area contributed by atoms with Crippen LogP contribution in [0.25, 0.3) is 0 Å². The minimum absolute atomic E-state index is 0.0192. The van der Waals surface area contributed by atoms with Gasteiger partial charge in [-0.3, -0.25) is 9.59 Å². The van der Waals surface area contributed by atoms with Gasteiger partial charge in [0.15, 0.2) is 5.78 Å². The largest absolute Gasteiger partial charge is 0.463 e. The summed E-state index contributed by atoms with van der Waals surface area (Å²) in [6, 6.07) is 0. The molecule has 0 aliphatic carbocycles. The summed E-state index contributed by atoms with van der Waals surface area (Å²) in [6.07, 6.45) is 1.46. The third-order valence-electron chi connectivity index (χ3n) is 2.61. The lowest BCUT2D eigenvalue weighted by Gasteiger charge is -2.21. The Hall–Kier alpha value is -0.900. The predicted molar refractivity (Wildman–Crippen MR) is 59.0 cm³/mol. The molecule has 0 aromatic rings. The van der Waals surface area contributed by atoms with E-state index in [4.69, 9.17) is 9.47 Å². The van der Waals surface area contributed by atoms with Crippen LogP contribution in [0.4, 0.5) is 0 Å². The Balaban J connectivity index is 2.59. The fourth-order valence-corrected chi connectivity index (χ4v) is 1.73. The third-order valence-corrected chi connectivity index (χ3v) is 2.61. The smallest absolute Gasteiger partial charge is 0.312 e. The molecule has 0 N–H and O–H groups in total. The summed E-state index contributed by atoms with van der Waals surface area (Å²) in [6.45, 7) is 5.83. The highest BCUT2D eigenvalue weighted by molar-refractivity contribution is 5.88. The molecule has 1 rings (SSSR count). The summed E-state index contributed by atoms with van der Waals surface area (Å²) in [7, 11) is 0. The summed E-state index contributed by atoms with van der Waals surface area (Å²) in [5.74, 6) is -0.839. The second-order valence-electron chi connectivity index (χ2n) is 4.49. The highest BCUT2D eigenvalue weighted by atomic mass is 16.5. The molecular weight excluding hydrogens is 208 g/mol. The van der Waals surface area contributed by atoms with E-state index in [0.717, 1.165) is 12.8 Å². The van der Waals surface area contributed by atoms with Crippen LogP contribution >= 0.6 is 0 Å². The average molecular weight is 228 g/mol. The van der Waals surface area contributed by atoms with Gasteiger partial charge < -0.3 is 9.47 Å². The molecule has 0 spiro atoms. The van der Waals surface area contributed by atoms with Gasteiger partial charge in [0.2, 0.25) is 0 Å². The molecule has 0 aromatic carbocycles. The van der Waals surface area contributed by atoms with Crippen LogP contribution in [0.1, 0.15) is 40.0 Å².